The predicted molar refractivity (Wildman–Crippen MR) is 67.0 cm³/mol. The first kappa shape index (κ1) is 12.6. The summed E-state index contributed by atoms with van der Waals surface area (Å²) < 4.78 is 10.7. The molecule has 2 N–H and O–H groups in total. The summed E-state index contributed by atoms with van der Waals surface area (Å²) in [5.41, 5.74) is 0. The van der Waals surface area contributed by atoms with Gasteiger partial charge in [0.15, 0.2) is 0 Å². The summed E-state index contributed by atoms with van der Waals surface area (Å²) in [4.78, 5) is 0. The number of anilines is 1. The molecule has 1 unspecified atom stereocenters. The van der Waals surface area contributed by atoms with Crippen LogP contribution in [0.3, 0.4) is 0 Å². The Labute approximate surface area is 106 Å². The van der Waals surface area contributed by atoms with Crippen molar-refractivity contribution in [2.75, 3.05) is 11.9 Å². The number of nitrogens with zero attached hydrogens (tertiary/aromatic N) is 2. The maximum Gasteiger partial charge on any atom is 0.315 e. The molecule has 2 heterocycles. The van der Waals surface area contributed by atoms with Gasteiger partial charge < -0.3 is 19.5 Å². The Morgan fingerprint density at radius 3 is 3.00 bits per heavy atom. The second-order valence-corrected chi connectivity index (χ2v) is 4.05. The molecule has 0 aliphatic rings. The third-order valence-corrected chi connectivity index (χ3v) is 2.51. The number of nitrogens with one attached hydrogen (secondary N) is 2. The molecule has 0 fully saturated rings. The lowest BCUT2D eigenvalue weighted by Crippen LogP contribution is -2.19. The predicted octanol–water partition coefficient (Wildman–Crippen LogP) is 2.34. The molecule has 2 rings (SSSR count). The van der Waals surface area contributed by atoms with Gasteiger partial charge in [0.2, 0.25) is 5.89 Å². The fourth-order valence-electron chi connectivity index (χ4n) is 1.51. The number of aromatic nitrogens is 2. The van der Waals surface area contributed by atoms with Crippen LogP contribution in [0.4, 0.5) is 6.01 Å². The molecule has 2 aromatic heterocycles. The van der Waals surface area contributed by atoms with Crippen molar-refractivity contribution < 1.29 is 8.83 Å². The summed E-state index contributed by atoms with van der Waals surface area (Å²) in [5, 5.41) is 14.2. The Hall–Kier alpha value is -1.82. The highest BCUT2D eigenvalue weighted by Crippen LogP contribution is 2.14. The van der Waals surface area contributed by atoms with Crippen molar-refractivity contribution in [2.45, 2.75) is 32.9 Å². The van der Waals surface area contributed by atoms with Gasteiger partial charge in [-0.15, -0.1) is 5.10 Å². The van der Waals surface area contributed by atoms with Gasteiger partial charge in [-0.25, -0.2) is 0 Å². The Morgan fingerprint density at radius 2 is 2.28 bits per heavy atom. The molecule has 0 aliphatic heterocycles. The summed E-state index contributed by atoms with van der Waals surface area (Å²) in [6.07, 6.45) is 2.70. The van der Waals surface area contributed by atoms with E-state index in [1.54, 1.807) is 6.26 Å². The summed E-state index contributed by atoms with van der Waals surface area (Å²) in [7, 11) is 0. The molecule has 0 saturated heterocycles. The van der Waals surface area contributed by atoms with E-state index in [1.165, 1.54) is 0 Å². The summed E-state index contributed by atoms with van der Waals surface area (Å²) in [6, 6.07) is 4.20. The summed E-state index contributed by atoms with van der Waals surface area (Å²) in [6.45, 7) is 5.58. The number of furan rings is 1. The second kappa shape index (κ2) is 6.20. The molecule has 0 radical (unpaired) electrons. The zero-order chi connectivity index (χ0) is 12.8. The van der Waals surface area contributed by atoms with Crippen LogP contribution in [-0.2, 0) is 6.54 Å². The van der Waals surface area contributed by atoms with E-state index in [9.17, 15) is 0 Å². The zero-order valence-electron chi connectivity index (χ0n) is 10.6. The first-order valence-electron chi connectivity index (χ1n) is 6.12. The van der Waals surface area contributed by atoms with E-state index in [4.69, 9.17) is 8.83 Å². The molecule has 18 heavy (non-hydrogen) atoms. The lowest BCUT2D eigenvalue weighted by atomic mass is 10.3. The molecule has 6 nitrogen and oxygen atoms in total. The number of hydrogen-bond acceptors (Lipinski definition) is 6. The average molecular weight is 250 g/mol. The molecule has 98 valence electrons. The molecule has 6 heteroatoms. The maximum absolute atomic E-state index is 5.50. The van der Waals surface area contributed by atoms with Crippen LogP contribution >= 0.6 is 0 Å². The molecule has 1 atom stereocenters. The molecule has 0 aliphatic carbocycles. The zero-order valence-corrected chi connectivity index (χ0v) is 10.6. The largest absolute Gasteiger partial charge is 0.467 e. The van der Waals surface area contributed by atoms with Crippen molar-refractivity contribution in [1.29, 1.82) is 0 Å². The Kier molecular flexibility index (Phi) is 4.35. The van der Waals surface area contributed by atoms with Crippen LogP contribution in [0.2, 0.25) is 0 Å². The highest BCUT2D eigenvalue weighted by molar-refractivity contribution is 5.19. The highest BCUT2D eigenvalue weighted by atomic mass is 16.4. The van der Waals surface area contributed by atoms with E-state index < -0.39 is 0 Å². The molecular formula is C12H18N4O2. The third-order valence-electron chi connectivity index (χ3n) is 2.51. The van der Waals surface area contributed by atoms with Gasteiger partial charge in [-0.3, -0.25) is 0 Å². The average Bonchev–Trinajstić information content (AvgIpc) is 3.04. The van der Waals surface area contributed by atoms with Gasteiger partial charge in [-0.05, 0) is 32.0 Å². The van der Waals surface area contributed by atoms with Gasteiger partial charge in [-0.1, -0.05) is 12.0 Å². The first-order chi connectivity index (χ1) is 8.79. The van der Waals surface area contributed by atoms with E-state index in [0.29, 0.717) is 18.5 Å². The van der Waals surface area contributed by atoms with Crippen molar-refractivity contribution in [2.24, 2.45) is 0 Å². The van der Waals surface area contributed by atoms with Crippen LogP contribution in [0, 0.1) is 0 Å². The van der Waals surface area contributed by atoms with Crippen LogP contribution < -0.4 is 10.6 Å². The lowest BCUT2D eigenvalue weighted by Gasteiger charge is -2.07. The first-order valence-corrected chi connectivity index (χ1v) is 6.12. The Bertz CT molecular complexity index is 452. The highest BCUT2D eigenvalue weighted by Gasteiger charge is 2.12. The second-order valence-electron chi connectivity index (χ2n) is 4.05. The fourth-order valence-corrected chi connectivity index (χ4v) is 1.51. The Balaban J connectivity index is 1.85. The minimum Gasteiger partial charge on any atom is -0.467 e. The van der Waals surface area contributed by atoms with Crippen LogP contribution in [0.1, 0.15) is 38.0 Å². The van der Waals surface area contributed by atoms with Crippen molar-refractivity contribution >= 4 is 6.01 Å². The van der Waals surface area contributed by atoms with E-state index in [2.05, 4.69) is 27.8 Å². The Morgan fingerprint density at radius 1 is 1.39 bits per heavy atom. The van der Waals surface area contributed by atoms with E-state index in [-0.39, 0.29) is 6.04 Å². The van der Waals surface area contributed by atoms with Crippen LogP contribution in [0.25, 0.3) is 0 Å². The monoisotopic (exact) mass is 250 g/mol. The van der Waals surface area contributed by atoms with Gasteiger partial charge >= 0.3 is 6.01 Å². The molecule has 0 aromatic carbocycles. The summed E-state index contributed by atoms with van der Waals surface area (Å²) in [5.74, 6) is 1.41. The van der Waals surface area contributed by atoms with Gasteiger partial charge in [0, 0.05) is 0 Å². The van der Waals surface area contributed by atoms with Crippen LogP contribution in [-0.4, -0.2) is 16.7 Å². The van der Waals surface area contributed by atoms with Crippen molar-refractivity contribution in [3.8, 4) is 0 Å². The molecule has 2 aromatic rings. The number of rotatable bonds is 7. The van der Waals surface area contributed by atoms with E-state index in [1.807, 2.05) is 19.1 Å². The smallest absolute Gasteiger partial charge is 0.315 e. The van der Waals surface area contributed by atoms with Gasteiger partial charge in [-0.2, -0.15) is 0 Å². The van der Waals surface area contributed by atoms with Crippen LogP contribution in [0.15, 0.2) is 27.2 Å². The lowest BCUT2D eigenvalue weighted by molar-refractivity contribution is 0.421. The standard InChI is InChI=1S/C12H18N4O2/c1-3-6-13-9(2)11-15-16-12(18-11)14-8-10-5-4-7-17-10/h4-5,7,9,13H,3,6,8H2,1-2H3,(H,14,16). The minimum atomic E-state index is 0.0663. The molecule has 0 saturated carbocycles. The normalized spacial score (nSPS) is 12.6. The van der Waals surface area contributed by atoms with Gasteiger partial charge in [0.25, 0.3) is 0 Å². The summed E-state index contributed by atoms with van der Waals surface area (Å²) >= 11 is 0. The van der Waals surface area contributed by atoms with E-state index in [0.717, 1.165) is 18.7 Å². The van der Waals surface area contributed by atoms with Gasteiger partial charge in [0.1, 0.15) is 5.76 Å². The van der Waals surface area contributed by atoms with E-state index >= 15 is 0 Å². The SMILES string of the molecule is CCCNC(C)c1nnc(NCc2ccco2)o1. The maximum atomic E-state index is 5.50. The third kappa shape index (κ3) is 3.33. The topological polar surface area (TPSA) is 76.1 Å². The molecule has 0 bridgehead atoms. The molecule has 0 amide bonds. The minimum absolute atomic E-state index is 0.0663. The fraction of sp³-hybridized carbons (Fsp3) is 0.500. The number of hydrogen-bond donors (Lipinski definition) is 2. The van der Waals surface area contributed by atoms with Gasteiger partial charge in [0.05, 0.1) is 18.8 Å². The molecule has 0 spiro atoms. The van der Waals surface area contributed by atoms with Crippen molar-refractivity contribution in [1.82, 2.24) is 15.5 Å². The molecular weight excluding hydrogens is 232 g/mol. The van der Waals surface area contributed by atoms with Crippen molar-refractivity contribution in [3.63, 3.8) is 0 Å². The van der Waals surface area contributed by atoms with Crippen molar-refractivity contribution in [3.05, 3.63) is 30.0 Å². The quantitative estimate of drug-likeness (QED) is 0.785. The van der Waals surface area contributed by atoms with Crippen LogP contribution in [0.5, 0.6) is 0 Å².